The van der Waals surface area contributed by atoms with E-state index in [0.717, 1.165) is 35.7 Å². The van der Waals surface area contributed by atoms with Crippen molar-refractivity contribution in [2.45, 2.75) is 39.2 Å². The molecule has 3 rings (SSSR count). The fourth-order valence-electron chi connectivity index (χ4n) is 2.83. The smallest absolute Gasteiger partial charge is 0.317 e. The van der Waals surface area contributed by atoms with Gasteiger partial charge in [0.25, 0.3) is 0 Å². The highest BCUT2D eigenvalue weighted by molar-refractivity contribution is 7.10. The minimum atomic E-state index is -0.0303. The van der Waals surface area contributed by atoms with Gasteiger partial charge < -0.3 is 9.64 Å². The third-order valence-corrected chi connectivity index (χ3v) is 4.75. The summed E-state index contributed by atoms with van der Waals surface area (Å²) in [7, 11) is 0. The molecule has 3 heterocycles. The summed E-state index contributed by atoms with van der Waals surface area (Å²) in [6.07, 6.45) is 2.33. The molecule has 1 aliphatic heterocycles. The maximum Gasteiger partial charge on any atom is 0.317 e. The van der Waals surface area contributed by atoms with Crippen LogP contribution in [0.2, 0.25) is 0 Å². The molecule has 2 aromatic rings. The van der Waals surface area contributed by atoms with Crippen molar-refractivity contribution in [3.63, 3.8) is 0 Å². The largest absolute Gasteiger partial charge is 0.458 e. The van der Waals surface area contributed by atoms with Gasteiger partial charge in [-0.15, -0.1) is 11.3 Å². The monoisotopic (exact) mass is 331 g/mol. The second-order valence-corrected chi connectivity index (χ2v) is 6.94. The molecule has 1 amide bonds. The number of aryl methyl sites for hydroxylation is 2. The molecule has 5 nitrogen and oxygen atoms in total. The quantitative estimate of drug-likeness (QED) is 0.864. The molecule has 2 aromatic heterocycles. The number of nitrogens with zero attached hydrogens (tertiary/aromatic N) is 3. The Hall–Kier alpha value is -1.95. The van der Waals surface area contributed by atoms with Crippen molar-refractivity contribution < 1.29 is 9.53 Å². The van der Waals surface area contributed by atoms with E-state index in [2.05, 4.69) is 9.97 Å². The zero-order valence-electron chi connectivity index (χ0n) is 13.5. The lowest BCUT2D eigenvalue weighted by Gasteiger charge is -2.32. The van der Waals surface area contributed by atoms with Crippen LogP contribution in [-0.4, -0.2) is 40.0 Å². The van der Waals surface area contributed by atoms with E-state index in [4.69, 9.17) is 4.74 Å². The van der Waals surface area contributed by atoms with Crippen molar-refractivity contribution in [3.8, 4) is 6.01 Å². The summed E-state index contributed by atoms with van der Waals surface area (Å²) in [6, 6.07) is 6.32. The van der Waals surface area contributed by atoms with Crippen LogP contribution in [0, 0.1) is 13.8 Å². The highest BCUT2D eigenvalue weighted by Crippen LogP contribution is 2.18. The number of hydrogen-bond donors (Lipinski definition) is 0. The van der Waals surface area contributed by atoms with E-state index >= 15 is 0 Å². The molecule has 1 fully saturated rings. The Balaban J connectivity index is 1.60. The first-order valence-electron chi connectivity index (χ1n) is 7.89. The van der Waals surface area contributed by atoms with Crippen LogP contribution in [0.15, 0.2) is 23.6 Å². The van der Waals surface area contributed by atoms with Crippen molar-refractivity contribution in [1.29, 1.82) is 0 Å². The fourth-order valence-corrected chi connectivity index (χ4v) is 3.53. The second-order valence-electron chi connectivity index (χ2n) is 5.91. The van der Waals surface area contributed by atoms with Crippen molar-refractivity contribution in [2.75, 3.05) is 13.1 Å². The van der Waals surface area contributed by atoms with Gasteiger partial charge in [0.2, 0.25) is 5.91 Å². The molecule has 0 radical (unpaired) electrons. The summed E-state index contributed by atoms with van der Waals surface area (Å²) >= 11 is 1.62. The number of likely N-dealkylation sites (tertiary alicyclic amines) is 1. The maximum absolute atomic E-state index is 12.4. The molecule has 0 saturated carbocycles. The number of rotatable bonds is 4. The van der Waals surface area contributed by atoms with Crippen LogP contribution < -0.4 is 4.74 Å². The summed E-state index contributed by atoms with van der Waals surface area (Å²) in [5, 5.41) is 2.00. The number of ether oxygens (including phenoxy) is 1. The van der Waals surface area contributed by atoms with Crippen LogP contribution in [0.25, 0.3) is 0 Å². The van der Waals surface area contributed by atoms with E-state index in [-0.39, 0.29) is 12.0 Å². The molecule has 0 N–H and O–H groups in total. The predicted octanol–water partition coefficient (Wildman–Crippen LogP) is 2.77. The lowest BCUT2D eigenvalue weighted by molar-refractivity contribution is -0.133. The van der Waals surface area contributed by atoms with E-state index in [0.29, 0.717) is 19.0 Å². The van der Waals surface area contributed by atoms with Crippen molar-refractivity contribution in [3.05, 3.63) is 39.8 Å². The van der Waals surface area contributed by atoms with Crippen LogP contribution in [-0.2, 0) is 11.2 Å². The summed E-state index contributed by atoms with van der Waals surface area (Å²) < 4.78 is 5.92. The van der Waals surface area contributed by atoms with E-state index in [1.807, 2.05) is 42.3 Å². The van der Waals surface area contributed by atoms with Crippen molar-refractivity contribution in [1.82, 2.24) is 14.9 Å². The number of thiophene rings is 1. The molecule has 23 heavy (non-hydrogen) atoms. The van der Waals surface area contributed by atoms with Gasteiger partial charge in [-0.25, -0.2) is 9.97 Å². The van der Waals surface area contributed by atoms with Gasteiger partial charge in [-0.1, -0.05) is 6.07 Å². The minimum Gasteiger partial charge on any atom is -0.458 e. The third-order valence-electron chi connectivity index (χ3n) is 3.87. The number of carbonyl (C=O) groups excluding carboxylic acids is 1. The summed E-state index contributed by atoms with van der Waals surface area (Å²) in [4.78, 5) is 24.1. The Bertz CT molecular complexity index is 652. The van der Waals surface area contributed by atoms with Crippen molar-refractivity contribution >= 4 is 17.2 Å². The van der Waals surface area contributed by atoms with Gasteiger partial charge >= 0.3 is 6.01 Å². The molecular formula is C17H21N3O2S. The van der Waals surface area contributed by atoms with E-state index in [9.17, 15) is 4.79 Å². The van der Waals surface area contributed by atoms with E-state index < -0.39 is 0 Å². The molecule has 0 spiro atoms. The second kappa shape index (κ2) is 7.08. The van der Waals surface area contributed by atoms with Gasteiger partial charge in [0.15, 0.2) is 0 Å². The molecule has 1 saturated heterocycles. The Morgan fingerprint density at radius 3 is 2.87 bits per heavy atom. The first kappa shape index (κ1) is 15.9. The van der Waals surface area contributed by atoms with E-state index in [1.165, 1.54) is 0 Å². The lowest BCUT2D eigenvalue weighted by Crippen LogP contribution is -2.45. The lowest BCUT2D eigenvalue weighted by atomic mass is 10.1. The highest BCUT2D eigenvalue weighted by Gasteiger charge is 2.25. The van der Waals surface area contributed by atoms with Gasteiger partial charge in [-0.05, 0) is 44.2 Å². The number of aromatic nitrogens is 2. The Labute approximate surface area is 140 Å². The zero-order chi connectivity index (χ0) is 16.2. The Morgan fingerprint density at radius 1 is 1.39 bits per heavy atom. The highest BCUT2D eigenvalue weighted by atomic mass is 32.1. The first-order valence-corrected chi connectivity index (χ1v) is 8.77. The van der Waals surface area contributed by atoms with Crippen LogP contribution in [0.4, 0.5) is 0 Å². The number of carbonyl (C=O) groups is 1. The van der Waals surface area contributed by atoms with Gasteiger partial charge in [0, 0.05) is 22.8 Å². The average Bonchev–Trinajstić information content (AvgIpc) is 2.99. The van der Waals surface area contributed by atoms with Crippen molar-refractivity contribution in [2.24, 2.45) is 0 Å². The van der Waals surface area contributed by atoms with Gasteiger partial charge in [0.05, 0.1) is 13.0 Å². The number of amides is 1. The molecule has 6 heteroatoms. The third kappa shape index (κ3) is 4.28. The topological polar surface area (TPSA) is 55.3 Å². The molecule has 0 aliphatic carbocycles. The Morgan fingerprint density at radius 2 is 2.17 bits per heavy atom. The first-order chi connectivity index (χ1) is 11.1. The summed E-state index contributed by atoms with van der Waals surface area (Å²) in [5.41, 5.74) is 1.79. The van der Waals surface area contributed by atoms with Crippen LogP contribution in [0.3, 0.4) is 0 Å². The predicted molar refractivity (Wildman–Crippen MR) is 89.8 cm³/mol. The van der Waals surface area contributed by atoms with E-state index in [1.54, 1.807) is 11.3 Å². The summed E-state index contributed by atoms with van der Waals surface area (Å²) in [6.45, 7) is 5.27. The van der Waals surface area contributed by atoms with Crippen LogP contribution >= 0.6 is 11.3 Å². The minimum absolute atomic E-state index is 0.0303. The normalized spacial score (nSPS) is 18.0. The average molecular weight is 331 g/mol. The van der Waals surface area contributed by atoms with Crippen LogP contribution in [0.5, 0.6) is 6.01 Å². The standard InChI is InChI=1S/C17H21N3O2S/c1-12-9-13(2)19-17(18-12)22-14-5-3-7-20(11-14)16(21)10-15-6-4-8-23-15/h4,6,8-9,14H,3,5,7,10-11H2,1-2H3/t14-/m1/s1. The number of piperidine rings is 1. The van der Waals surface area contributed by atoms with Gasteiger partial charge in [0.1, 0.15) is 6.10 Å². The maximum atomic E-state index is 12.4. The molecule has 0 bridgehead atoms. The van der Waals surface area contributed by atoms with Gasteiger partial charge in [-0.3, -0.25) is 4.79 Å². The fraction of sp³-hybridized carbons (Fsp3) is 0.471. The van der Waals surface area contributed by atoms with Crippen LogP contribution in [0.1, 0.15) is 29.1 Å². The molecule has 1 aliphatic rings. The molecule has 0 aromatic carbocycles. The Kier molecular flexibility index (Phi) is 4.91. The molecule has 122 valence electrons. The molecule has 0 unspecified atom stereocenters. The number of hydrogen-bond acceptors (Lipinski definition) is 5. The molecular weight excluding hydrogens is 310 g/mol. The summed E-state index contributed by atoms with van der Waals surface area (Å²) in [5.74, 6) is 0.169. The van der Waals surface area contributed by atoms with Gasteiger partial charge in [-0.2, -0.15) is 0 Å². The SMILES string of the molecule is Cc1cc(C)nc(O[C@@H]2CCCN(C(=O)Cc3cccs3)C2)n1. The molecule has 1 atom stereocenters. The zero-order valence-corrected chi connectivity index (χ0v) is 14.3.